The molecule has 0 N–H and O–H groups in total. The molecule has 2 amide bonds. The molecule has 27 heavy (non-hydrogen) atoms. The first kappa shape index (κ1) is 16.4. The molecule has 2 heterocycles. The van der Waals surface area contributed by atoms with Crippen molar-refractivity contribution < 1.29 is 9.59 Å². The van der Waals surface area contributed by atoms with E-state index in [0.717, 1.165) is 24.8 Å². The molecule has 0 radical (unpaired) electrons. The highest BCUT2D eigenvalue weighted by Crippen LogP contribution is 2.37. The minimum atomic E-state index is -0.814. The zero-order chi connectivity index (χ0) is 18.7. The van der Waals surface area contributed by atoms with Crippen LogP contribution in [0.4, 0.5) is 11.4 Å². The standard InChI is InChI=1S/C20H17ClN4O2/c1-11-5-7-15(10-16(11)21)25-18-17(22-23-25)19(26)24(20(18)27)14-8-6-12-3-2-4-13(12)9-14/h5-10,17-18H,2-4H2,1H3/t17-,18-/m0/s1. The molecule has 2 atom stereocenters. The lowest BCUT2D eigenvalue weighted by molar-refractivity contribution is -0.121. The summed E-state index contributed by atoms with van der Waals surface area (Å²) in [6.07, 6.45) is 3.15. The van der Waals surface area contributed by atoms with E-state index < -0.39 is 12.1 Å². The molecule has 0 saturated carbocycles. The maximum absolute atomic E-state index is 13.1. The smallest absolute Gasteiger partial charge is 0.263 e. The van der Waals surface area contributed by atoms with Gasteiger partial charge in [-0.05, 0) is 67.1 Å². The van der Waals surface area contributed by atoms with Crippen LogP contribution in [0.3, 0.4) is 0 Å². The number of nitrogens with zero attached hydrogens (tertiary/aromatic N) is 4. The van der Waals surface area contributed by atoms with Crippen molar-refractivity contribution in [1.82, 2.24) is 0 Å². The van der Waals surface area contributed by atoms with E-state index in [1.54, 1.807) is 6.07 Å². The molecule has 2 aromatic rings. The number of fused-ring (bicyclic) bond motifs is 2. The van der Waals surface area contributed by atoms with E-state index in [-0.39, 0.29) is 11.8 Å². The monoisotopic (exact) mass is 380 g/mol. The quantitative estimate of drug-likeness (QED) is 0.747. The van der Waals surface area contributed by atoms with E-state index in [2.05, 4.69) is 10.3 Å². The molecule has 7 heteroatoms. The first-order valence-corrected chi connectivity index (χ1v) is 9.38. The Labute approximate surface area is 161 Å². The van der Waals surface area contributed by atoms with Gasteiger partial charge in [-0.2, -0.15) is 5.11 Å². The van der Waals surface area contributed by atoms with Crippen molar-refractivity contribution in [2.75, 3.05) is 9.91 Å². The molecule has 2 aliphatic heterocycles. The Kier molecular flexibility index (Phi) is 3.59. The number of carbonyl (C=O) groups excluding carboxylic acids is 2. The van der Waals surface area contributed by atoms with Gasteiger partial charge in [0.25, 0.3) is 11.8 Å². The second-order valence-electron chi connectivity index (χ2n) is 7.19. The average Bonchev–Trinajstić information content (AvgIpc) is 3.34. The van der Waals surface area contributed by atoms with Gasteiger partial charge >= 0.3 is 0 Å². The lowest BCUT2D eigenvalue weighted by Crippen LogP contribution is -2.40. The summed E-state index contributed by atoms with van der Waals surface area (Å²) in [7, 11) is 0. The summed E-state index contributed by atoms with van der Waals surface area (Å²) in [5, 5.41) is 10.2. The lowest BCUT2D eigenvalue weighted by Gasteiger charge is -2.21. The summed E-state index contributed by atoms with van der Waals surface area (Å²) in [5.74, 6) is -0.628. The maximum Gasteiger partial charge on any atom is 0.263 e. The van der Waals surface area contributed by atoms with Gasteiger partial charge in [-0.25, -0.2) is 9.91 Å². The number of hydrogen-bond donors (Lipinski definition) is 0. The SMILES string of the molecule is Cc1ccc(N2N=N[C@@H]3C(=O)N(c4ccc5c(c4)CCC5)C(=O)[C@H]32)cc1Cl. The number of halogens is 1. The number of benzene rings is 2. The van der Waals surface area contributed by atoms with Gasteiger partial charge in [0.05, 0.1) is 11.4 Å². The maximum atomic E-state index is 13.1. The van der Waals surface area contributed by atoms with Crippen LogP contribution in [-0.2, 0) is 22.4 Å². The van der Waals surface area contributed by atoms with Gasteiger partial charge in [0.1, 0.15) is 0 Å². The Morgan fingerprint density at radius 2 is 1.78 bits per heavy atom. The van der Waals surface area contributed by atoms with Crippen LogP contribution in [0.2, 0.25) is 5.02 Å². The van der Waals surface area contributed by atoms with Crippen LogP contribution in [0.5, 0.6) is 0 Å². The normalized spacial score (nSPS) is 23.3. The van der Waals surface area contributed by atoms with Gasteiger partial charge in [-0.3, -0.25) is 9.59 Å². The van der Waals surface area contributed by atoms with E-state index in [1.165, 1.54) is 21.0 Å². The summed E-state index contributed by atoms with van der Waals surface area (Å²) in [5.41, 5.74) is 4.72. The van der Waals surface area contributed by atoms with Crippen LogP contribution in [0.15, 0.2) is 46.7 Å². The fourth-order valence-electron chi connectivity index (χ4n) is 4.05. The topological polar surface area (TPSA) is 65.3 Å². The Hall–Kier alpha value is -2.73. The predicted octanol–water partition coefficient (Wildman–Crippen LogP) is 3.63. The third kappa shape index (κ3) is 2.40. The first-order chi connectivity index (χ1) is 13.0. The summed E-state index contributed by atoms with van der Waals surface area (Å²) >= 11 is 6.22. The minimum absolute atomic E-state index is 0.301. The number of aryl methyl sites for hydroxylation is 3. The van der Waals surface area contributed by atoms with Crippen molar-refractivity contribution in [3.05, 3.63) is 58.1 Å². The van der Waals surface area contributed by atoms with Crippen molar-refractivity contribution in [3.8, 4) is 0 Å². The van der Waals surface area contributed by atoms with E-state index in [0.29, 0.717) is 16.4 Å². The molecular formula is C20H17ClN4O2. The second kappa shape index (κ2) is 5.89. The van der Waals surface area contributed by atoms with Crippen LogP contribution < -0.4 is 9.91 Å². The molecular weight excluding hydrogens is 364 g/mol. The van der Waals surface area contributed by atoms with Gasteiger partial charge in [0.15, 0.2) is 12.1 Å². The summed E-state index contributed by atoms with van der Waals surface area (Å²) in [4.78, 5) is 27.3. The minimum Gasteiger partial charge on any atom is -0.271 e. The Bertz CT molecular complexity index is 1020. The number of imide groups is 1. The van der Waals surface area contributed by atoms with E-state index >= 15 is 0 Å². The Balaban J connectivity index is 1.50. The Morgan fingerprint density at radius 1 is 1.00 bits per heavy atom. The fraction of sp³-hybridized carbons (Fsp3) is 0.300. The second-order valence-corrected chi connectivity index (χ2v) is 7.60. The molecule has 3 aliphatic rings. The third-order valence-corrected chi connectivity index (χ3v) is 5.95. The van der Waals surface area contributed by atoms with Crippen molar-refractivity contribution in [1.29, 1.82) is 0 Å². The zero-order valence-electron chi connectivity index (χ0n) is 14.7. The summed E-state index contributed by atoms with van der Waals surface area (Å²) in [6.45, 7) is 1.90. The van der Waals surface area contributed by atoms with Crippen molar-refractivity contribution >= 4 is 34.8 Å². The largest absolute Gasteiger partial charge is 0.271 e. The third-order valence-electron chi connectivity index (χ3n) is 5.54. The number of amides is 2. The van der Waals surface area contributed by atoms with Gasteiger partial charge in [-0.1, -0.05) is 29.0 Å². The van der Waals surface area contributed by atoms with Crippen LogP contribution in [-0.4, -0.2) is 23.9 Å². The molecule has 1 fully saturated rings. The molecule has 0 bridgehead atoms. The van der Waals surface area contributed by atoms with Gasteiger partial charge in [0, 0.05) is 5.02 Å². The van der Waals surface area contributed by atoms with Crippen LogP contribution in [0, 0.1) is 6.92 Å². The molecule has 0 aromatic heterocycles. The first-order valence-electron chi connectivity index (χ1n) is 9.00. The molecule has 136 valence electrons. The van der Waals surface area contributed by atoms with Crippen LogP contribution >= 0.6 is 11.6 Å². The highest BCUT2D eigenvalue weighted by atomic mass is 35.5. The van der Waals surface area contributed by atoms with Gasteiger partial charge in [-0.15, -0.1) is 0 Å². The number of anilines is 2. The highest BCUT2D eigenvalue weighted by Gasteiger charge is 2.55. The van der Waals surface area contributed by atoms with Crippen LogP contribution in [0.1, 0.15) is 23.1 Å². The molecule has 5 rings (SSSR count). The molecule has 0 unspecified atom stereocenters. The van der Waals surface area contributed by atoms with Gasteiger partial charge in [0.2, 0.25) is 0 Å². The van der Waals surface area contributed by atoms with Crippen molar-refractivity contribution in [2.24, 2.45) is 10.3 Å². The van der Waals surface area contributed by atoms with E-state index in [4.69, 9.17) is 11.6 Å². The van der Waals surface area contributed by atoms with Crippen molar-refractivity contribution in [3.63, 3.8) is 0 Å². The number of carbonyl (C=O) groups is 2. The molecule has 6 nitrogen and oxygen atoms in total. The molecule has 1 aliphatic carbocycles. The molecule has 0 spiro atoms. The van der Waals surface area contributed by atoms with E-state index in [9.17, 15) is 9.59 Å². The van der Waals surface area contributed by atoms with Crippen LogP contribution in [0.25, 0.3) is 0 Å². The molecule has 1 saturated heterocycles. The van der Waals surface area contributed by atoms with Crippen molar-refractivity contribution in [2.45, 2.75) is 38.3 Å². The van der Waals surface area contributed by atoms with E-state index in [1.807, 2.05) is 37.3 Å². The lowest BCUT2D eigenvalue weighted by atomic mass is 10.1. The zero-order valence-corrected chi connectivity index (χ0v) is 15.5. The van der Waals surface area contributed by atoms with Gasteiger partial charge < -0.3 is 0 Å². The summed E-state index contributed by atoms with van der Waals surface area (Å²) in [6, 6.07) is 9.70. The average molecular weight is 381 g/mol. The number of hydrogen-bond acceptors (Lipinski definition) is 5. The fourth-order valence-corrected chi connectivity index (χ4v) is 4.22. The highest BCUT2D eigenvalue weighted by molar-refractivity contribution is 6.31. The number of rotatable bonds is 2. The summed E-state index contributed by atoms with van der Waals surface area (Å²) < 4.78 is 0. The Morgan fingerprint density at radius 3 is 2.59 bits per heavy atom. The predicted molar refractivity (Wildman–Crippen MR) is 102 cm³/mol. The molecule has 2 aromatic carbocycles.